The fourth-order valence-electron chi connectivity index (χ4n) is 2.36. The molecule has 1 fully saturated rings. The monoisotopic (exact) mass is 149 g/mol. The molecule has 0 nitrogen and oxygen atoms in total. The molecule has 0 unspecified atom stereocenters. The third-order valence-electron chi connectivity index (χ3n) is 3.08. The van der Waals surface area contributed by atoms with Crippen LogP contribution in [0.1, 0.15) is 44.9 Å². The summed E-state index contributed by atoms with van der Waals surface area (Å²) in [7, 11) is 0. The van der Waals surface area contributed by atoms with Crippen LogP contribution in [-0.2, 0) is 0 Å². The molecule has 0 aromatic carbocycles. The minimum Gasteiger partial charge on any atom is -0.0882 e. The molecular weight excluding hydrogens is 132 g/mol. The van der Waals surface area contributed by atoms with Crippen LogP contribution in [0.25, 0.3) is 0 Å². The average molecular weight is 149 g/mol. The van der Waals surface area contributed by atoms with E-state index in [1.165, 1.54) is 44.9 Å². The Morgan fingerprint density at radius 1 is 0.909 bits per heavy atom. The van der Waals surface area contributed by atoms with Gasteiger partial charge in [0.1, 0.15) is 0 Å². The van der Waals surface area contributed by atoms with Gasteiger partial charge in [0.2, 0.25) is 0 Å². The number of rotatable bonds is 1. The van der Waals surface area contributed by atoms with Gasteiger partial charge in [0, 0.05) is 0 Å². The van der Waals surface area contributed by atoms with Crippen molar-refractivity contribution in [1.29, 1.82) is 0 Å². The molecule has 0 aromatic heterocycles. The molecule has 0 bridgehead atoms. The summed E-state index contributed by atoms with van der Waals surface area (Å²) in [5, 5.41) is 0. The molecule has 1 radical (unpaired) electrons. The molecule has 1 saturated carbocycles. The van der Waals surface area contributed by atoms with Crippen LogP contribution in [0.2, 0.25) is 0 Å². The molecule has 11 heavy (non-hydrogen) atoms. The van der Waals surface area contributed by atoms with Gasteiger partial charge in [0.25, 0.3) is 0 Å². The van der Waals surface area contributed by atoms with Crippen molar-refractivity contribution >= 4 is 0 Å². The lowest BCUT2D eigenvalue weighted by molar-refractivity contribution is 0.430. The zero-order valence-corrected chi connectivity index (χ0v) is 7.18. The summed E-state index contributed by atoms with van der Waals surface area (Å²) in [6, 6.07) is 0. The Morgan fingerprint density at radius 2 is 1.55 bits per heavy atom. The zero-order chi connectivity index (χ0) is 7.52. The van der Waals surface area contributed by atoms with Crippen LogP contribution in [0.4, 0.5) is 0 Å². The third kappa shape index (κ3) is 1.66. The topological polar surface area (TPSA) is 0 Å². The molecule has 2 aliphatic carbocycles. The van der Waals surface area contributed by atoms with Crippen LogP contribution in [-0.4, -0.2) is 0 Å². The summed E-state index contributed by atoms with van der Waals surface area (Å²) in [4.78, 5) is 0. The summed E-state index contributed by atoms with van der Waals surface area (Å²) < 4.78 is 0. The van der Waals surface area contributed by atoms with Crippen molar-refractivity contribution in [2.75, 3.05) is 0 Å². The van der Waals surface area contributed by atoms with E-state index in [9.17, 15) is 0 Å². The van der Waals surface area contributed by atoms with Crippen LogP contribution in [0.5, 0.6) is 0 Å². The Labute approximate surface area is 69.7 Å². The van der Waals surface area contributed by atoms with Crippen LogP contribution < -0.4 is 0 Å². The van der Waals surface area contributed by atoms with Crippen LogP contribution in [0.3, 0.4) is 0 Å². The quantitative estimate of drug-likeness (QED) is 0.501. The summed E-state index contributed by atoms with van der Waals surface area (Å²) >= 11 is 0. The van der Waals surface area contributed by atoms with Crippen LogP contribution in [0, 0.1) is 11.8 Å². The largest absolute Gasteiger partial charge is 0.0882 e. The first kappa shape index (κ1) is 7.39. The molecule has 2 aliphatic rings. The smallest absolute Gasteiger partial charge is 0.0204 e. The summed E-state index contributed by atoms with van der Waals surface area (Å²) in [5.74, 6) is 2.83. The molecule has 0 aromatic rings. The highest BCUT2D eigenvalue weighted by Crippen LogP contribution is 2.37. The molecule has 61 valence electrons. The van der Waals surface area contributed by atoms with Gasteiger partial charge in [-0.2, -0.15) is 0 Å². The molecule has 0 aliphatic heterocycles. The summed E-state index contributed by atoms with van der Waals surface area (Å²) in [5.41, 5.74) is 0. The van der Waals surface area contributed by atoms with Crippen molar-refractivity contribution in [1.82, 2.24) is 0 Å². The van der Waals surface area contributed by atoms with E-state index >= 15 is 0 Å². The van der Waals surface area contributed by atoms with E-state index in [1.807, 2.05) is 5.92 Å². The van der Waals surface area contributed by atoms with Crippen LogP contribution in [0.15, 0.2) is 12.2 Å². The first-order valence-electron chi connectivity index (χ1n) is 4.96. The molecule has 0 saturated heterocycles. The molecule has 2 rings (SSSR count). The minimum atomic E-state index is 0.954. The van der Waals surface area contributed by atoms with Crippen molar-refractivity contribution < 1.29 is 0 Å². The van der Waals surface area contributed by atoms with Crippen molar-refractivity contribution in [3.05, 3.63) is 18.1 Å². The third-order valence-corrected chi connectivity index (χ3v) is 3.08. The summed E-state index contributed by atoms with van der Waals surface area (Å²) in [6.45, 7) is 0. The zero-order valence-electron chi connectivity index (χ0n) is 7.18. The Balaban J connectivity index is 1.83. The van der Waals surface area contributed by atoms with E-state index in [1.54, 1.807) is 0 Å². The first-order chi connectivity index (χ1) is 5.47. The SMILES string of the molecule is C1=CCC([C]2CCCCC2)C1. The molecule has 0 heterocycles. The number of hydrogen-bond acceptors (Lipinski definition) is 0. The second-order valence-electron chi connectivity index (χ2n) is 3.86. The highest BCUT2D eigenvalue weighted by Gasteiger charge is 2.23. The van der Waals surface area contributed by atoms with Gasteiger partial charge in [-0.05, 0) is 37.5 Å². The van der Waals surface area contributed by atoms with E-state index < -0.39 is 0 Å². The van der Waals surface area contributed by atoms with Gasteiger partial charge in [0.15, 0.2) is 0 Å². The number of hydrogen-bond donors (Lipinski definition) is 0. The molecule has 0 atom stereocenters. The lowest BCUT2D eigenvalue weighted by Crippen LogP contribution is -2.12. The Bertz CT molecular complexity index is 132. The Kier molecular flexibility index (Phi) is 2.30. The fourth-order valence-corrected chi connectivity index (χ4v) is 2.36. The molecule has 0 amide bonds. The van der Waals surface area contributed by atoms with E-state index in [0.717, 1.165) is 5.92 Å². The van der Waals surface area contributed by atoms with Gasteiger partial charge in [0.05, 0.1) is 0 Å². The highest BCUT2D eigenvalue weighted by atomic mass is 14.3. The summed E-state index contributed by atoms with van der Waals surface area (Å²) in [6.07, 6.45) is 14.7. The average Bonchev–Trinajstić information content (AvgIpc) is 2.58. The minimum absolute atomic E-state index is 0.954. The standard InChI is InChI=1S/C11H17/c1-2-6-10(7-3-1)11-8-4-5-9-11/h4-5,11H,1-3,6-9H2. The van der Waals surface area contributed by atoms with Gasteiger partial charge >= 0.3 is 0 Å². The van der Waals surface area contributed by atoms with E-state index in [4.69, 9.17) is 0 Å². The molecule has 0 heteroatoms. The maximum Gasteiger partial charge on any atom is -0.0204 e. The predicted octanol–water partition coefficient (Wildman–Crippen LogP) is 3.49. The normalized spacial score (nSPS) is 28.0. The molecular formula is C11H17. The second-order valence-corrected chi connectivity index (χ2v) is 3.86. The Morgan fingerprint density at radius 3 is 2.18 bits per heavy atom. The number of allylic oxidation sites excluding steroid dienone is 2. The van der Waals surface area contributed by atoms with Crippen molar-refractivity contribution in [3.8, 4) is 0 Å². The highest BCUT2D eigenvalue weighted by molar-refractivity contribution is 5.08. The second kappa shape index (κ2) is 3.42. The molecule has 0 N–H and O–H groups in total. The molecule has 0 spiro atoms. The van der Waals surface area contributed by atoms with E-state index in [2.05, 4.69) is 12.2 Å². The van der Waals surface area contributed by atoms with Crippen molar-refractivity contribution in [2.24, 2.45) is 5.92 Å². The first-order valence-corrected chi connectivity index (χ1v) is 4.96. The van der Waals surface area contributed by atoms with Gasteiger partial charge in [-0.15, -0.1) is 0 Å². The maximum absolute atomic E-state index is 2.35. The van der Waals surface area contributed by atoms with Gasteiger partial charge < -0.3 is 0 Å². The fraction of sp³-hybridized carbons (Fsp3) is 0.727. The lowest BCUT2D eigenvalue weighted by atomic mass is 9.79. The lowest BCUT2D eigenvalue weighted by Gasteiger charge is -2.26. The van der Waals surface area contributed by atoms with Crippen LogP contribution >= 0.6 is 0 Å². The van der Waals surface area contributed by atoms with E-state index in [-0.39, 0.29) is 0 Å². The van der Waals surface area contributed by atoms with Gasteiger partial charge in [-0.25, -0.2) is 0 Å². The van der Waals surface area contributed by atoms with Crippen molar-refractivity contribution in [3.63, 3.8) is 0 Å². The maximum atomic E-state index is 2.35. The predicted molar refractivity (Wildman–Crippen MR) is 48.2 cm³/mol. The van der Waals surface area contributed by atoms with Gasteiger partial charge in [-0.1, -0.05) is 31.4 Å². The van der Waals surface area contributed by atoms with Gasteiger partial charge in [-0.3, -0.25) is 0 Å². The Hall–Kier alpha value is -0.260. The van der Waals surface area contributed by atoms with Crippen molar-refractivity contribution in [2.45, 2.75) is 44.9 Å². The van der Waals surface area contributed by atoms with E-state index in [0.29, 0.717) is 0 Å².